The summed E-state index contributed by atoms with van der Waals surface area (Å²) in [6.45, 7) is 1.51. The second-order valence-electron chi connectivity index (χ2n) is 5.12. The lowest BCUT2D eigenvalue weighted by molar-refractivity contribution is -0.138. The van der Waals surface area contributed by atoms with Crippen molar-refractivity contribution in [2.75, 3.05) is 0 Å². The molecule has 0 aliphatic rings. The fourth-order valence-electron chi connectivity index (χ4n) is 2.31. The highest BCUT2D eigenvalue weighted by atomic mass is 32.2. The van der Waals surface area contributed by atoms with E-state index in [2.05, 4.69) is 10.2 Å². The zero-order chi connectivity index (χ0) is 18.0. The van der Waals surface area contributed by atoms with Gasteiger partial charge in [-0.05, 0) is 18.1 Å². The van der Waals surface area contributed by atoms with Gasteiger partial charge >= 0.3 is 6.18 Å². The van der Waals surface area contributed by atoms with E-state index < -0.39 is 39.1 Å². The highest BCUT2D eigenvalue weighted by Crippen LogP contribution is 2.33. The van der Waals surface area contributed by atoms with Crippen molar-refractivity contribution in [3.8, 4) is 0 Å². The van der Waals surface area contributed by atoms with Crippen LogP contribution in [0.25, 0.3) is 0 Å². The fourth-order valence-corrected chi connectivity index (χ4v) is 3.79. The molecule has 132 valence electrons. The first kappa shape index (κ1) is 18.4. The molecular weight excluding hydrogens is 347 g/mol. The van der Waals surface area contributed by atoms with E-state index in [0.717, 1.165) is 12.1 Å². The van der Waals surface area contributed by atoms with Gasteiger partial charge in [0.25, 0.3) is 0 Å². The van der Waals surface area contributed by atoms with Gasteiger partial charge in [-0.3, -0.25) is 4.57 Å². The summed E-state index contributed by atoms with van der Waals surface area (Å²) >= 11 is 0. The Labute approximate surface area is 136 Å². The van der Waals surface area contributed by atoms with Crippen molar-refractivity contribution in [3.05, 3.63) is 41.2 Å². The Kier molecular flexibility index (Phi) is 5.29. The van der Waals surface area contributed by atoms with Crippen LogP contribution in [0.2, 0.25) is 0 Å². The molecule has 1 N–H and O–H groups in total. The predicted octanol–water partition coefficient (Wildman–Crippen LogP) is 2.17. The SMILES string of the molecule is CCCn1c(CO)nnc1S(=O)(=O)Cc1ccccc1C(F)(F)F. The predicted molar refractivity (Wildman–Crippen MR) is 78.6 cm³/mol. The van der Waals surface area contributed by atoms with Crippen LogP contribution >= 0.6 is 0 Å². The molecule has 0 spiro atoms. The van der Waals surface area contributed by atoms with E-state index >= 15 is 0 Å². The van der Waals surface area contributed by atoms with Gasteiger partial charge in [-0.1, -0.05) is 25.1 Å². The van der Waals surface area contributed by atoms with Crippen molar-refractivity contribution in [2.45, 2.75) is 43.6 Å². The van der Waals surface area contributed by atoms with Gasteiger partial charge in [0.15, 0.2) is 5.82 Å². The van der Waals surface area contributed by atoms with Crippen LogP contribution in [0.4, 0.5) is 13.2 Å². The zero-order valence-corrected chi connectivity index (χ0v) is 13.6. The van der Waals surface area contributed by atoms with Gasteiger partial charge in [0, 0.05) is 6.54 Å². The molecule has 0 aliphatic carbocycles. The van der Waals surface area contributed by atoms with Crippen LogP contribution in [-0.4, -0.2) is 28.3 Å². The summed E-state index contributed by atoms with van der Waals surface area (Å²) in [5.74, 6) is -0.796. The topological polar surface area (TPSA) is 85.1 Å². The van der Waals surface area contributed by atoms with E-state index in [1.807, 2.05) is 0 Å². The highest BCUT2D eigenvalue weighted by molar-refractivity contribution is 7.90. The van der Waals surface area contributed by atoms with Crippen molar-refractivity contribution >= 4 is 9.84 Å². The van der Waals surface area contributed by atoms with E-state index in [4.69, 9.17) is 0 Å². The Bertz CT molecular complexity index is 816. The number of halogens is 3. The molecular formula is C14H16F3N3O3S. The lowest BCUT2D eigenvalue weighted by Crippen LogP contribution is -2.17. The zero-order valence-electron chi connectivity index (χ0n) is 12.8. The molecule has 0 amide bonds. The molecule has 0 fully saturated rings. The fraction of sp³-hybridized carbons (Fsp3) is 0.429. The van der Waals surface area contributed by atoms with E-state index in [9.17, 15) is 26.7 Å². The Morgan fingerprint density at radius 1 is 1.21 bits per heavy atom. The summed E-state index contributed by atoms with van der Waals surface area (Å²) in [6, 6.07) is 4.49. The first-order chi connectivity index (χ1) is 11.2. The number of aliphatic hydroxyl groups excluding tert-OH is 1. The summed E-state index contributed by atoms with van der Waals surface area (Å²) in [5, 5.41) is 15.9. The van der Waals surface area contributed by atoms with Crippen molar-refractivity contribution in [3.63, 3.8) is 0 Å². The minimum Gasteiger partial charge on any atom is -0.388 e. The summed E-state index contributed by atoms with van der Waals surface area (Å²) in [6.07, 6.45) is -4.10. The smallest absolute Gasteiger partial charge is 0.388 e. The van der Waals surface area contributed by atoms with Crippen LogP contribution in [0, 0.1) is 0 Å². The molecule has 10 heteroatoms. The Morgan fingerprint density at radius 3 is 2.46 bits per heavy atom. The summed E-state index contributed by atoms with van der Waals surface area (Å²) in [5.41, 5.74) is -1.36. The highest BCUT2D eigenvalue weighted by Gasteiger charge is 2.35. The van der Waals surface area contributed by atoms with Gasteiger partial charge in [-0.15, -0.1) is 10.2 Å². The second-order valence-corrected chi connectivity index (χ2v) is 7.01. The molecule has 2 rings (SSSR count). The third-order valence-corrected chi connectivity index (χ3v) is 4.88. The number of nitrogens with zero attached hydrogens (tertiary/aromatic N) is 3. The van der Waals surface area contributed by atoms with Crippen LogP contribution in [0.15, 0.2) is 29.4 Å². The quantitative estimate of drug-likeness (QED) is 0.850. The molecule has 0 atom stereocenters. The van der Waals surface area contributed by atoms with Gasteiger partial charge in [0.05, 0.1) is 11.3 Å². The Hall–Kier alpha value is -1.94. The van der Waals surface area contributed by atoms with Gasteiger partial charge in [-0.2, -0.15) is 13.2 Å². The maximum atomic E-state index is 13.0. The van der Waals surface area contributed by atoms with Gasteiger partial charge in [-0.25, -0.2) is 8.42 Å². The Balaban J connectivity index is 2.46. The molecule has 6 nitrogen and oxygen atoms in total. The van der Waals surface area contributed by atoms with Crippen molar-refractivity contribution in [2.24, 2.45) is 0 Å². The van der Waals surface area contributed by atoms with Crippen molar-refractivity contribution < 1.29 is 26.7 Å². The summed E-state index contributed by atoms with van der Waals surface area (Å²) < 4.78 is 65.4. The van der Waals surface area contributed by atoms with Crippen LogP contribution in [0.5, 0.6) is 0 Å². The summed E-state index contributed by atoms with van der Waals surface area (Å²) in [7, 11) is -4.16. The normalized spacial score (nSPS) is 12.5. The molecule has 1 heterocycles. The average molecular weight is 363 g/mol. The number of aromatic nitrogens is 3. The van der Waals surface area contributed by atoms with Gasteiger partial charge in [0.2, 0.25) is 15.0 Å². The van der Waals surface area contributed by atoms with E-state index in [-0.39, 0.29) is 17.9 Å². The molecule has 1 aromatic carbocycles. The lowest BCUT2D eigenvalue weighted by atomic mass is 10.1. The number of alkyl halides is 3. The molecule has 0 radical (unpaired) electrons. The maximum absolute atomic E-state index is 13.0. The first-order valence-electron chi connectivity index (χ1n) is 7.11. The van der Waals surface area contributed by atoms with Gasteiger partial charge < -0.3 is 5.11 Å². The molecule has 1 aromatic heterocycles. The van der Waals surface area contributed by atoms with Crippen LogP contribution in [0.3, 0.4) is 0 Å². The Morgan fingerprint density at radius 2 is 1.88 bits per heavy atom. The van der Waals surface area contributed by atoms with Crippen LogP contribution in [-0.2, 0) is 34.9 Å². The second kappa shape index (κ2) is 6.89. The number of rotatable bonds is 6. The third-order valence-electron chi connectivity index (χ3n) is 3.33. The minimum absolute atomic E-state index is 0.0551. The monoisotopic (exact) mass is 363 g/mol. The third kappa shape index (κ3) is 3.75. The number of benzene rings is 1. The van der Waals surface area contributed by atoms with E-state index in [1.165, 1.54) is 16.7 Å². The van der Waals surface area contributed by atoms with Crippen molar-refractivity contribution in [1.82, 2.24) is 14.8 Å². The minimum atomic E-state index is -4.65. The molecule has 0 aliphatic heterocycles. The first-order valence-corrected chi connectivity index (χ1v) is 8.76. The molecule has 24 heavy (non-hydrogen) atoms. The lowest BCUT2D eigenvalue weighted by Gasteiger charge is -2.13. The number of hydrogen-bond donors (Lipinski definition) is 1. The molecule has 0 saturated carbocycles. The average Bonchev–Trinajstić information content (AvgIpc) is 2.90. The summed E-state index contributed by atoms with van der Waals surface area (Å²) in [4.78, 5) is 0. The van der Waals surface area contributed by atoms with E-state index in [0.29, 0.717) is 6.42 Å². The van der Waals surface area contributed by atoms with Crippen LogP contribution < -0.4 is 0 Å². The van der Waals surface area contributed by atoms with E-state index in [1.54, 1.807) is 6.92 Å². The number of aliphatic hydroxyl groups is 1. The largest absolute Gasteiger partial charge is 0.416 e. The van der Waals surface area contributed by atoms with Crippen LogP contribution in [0.1, 0.15) is 30.3 Å². The van der Waals surface area contributed by atoms with Crippen molar-refractivity contribution in [1.29, 1.82) is 0 Å². The molecule has 2 aromatic rings. The number of hydrogen-bond acceptors (Lipinski definition) is 5. The number of sulfone groups is 1. The maximum Gasteiger partial charge on any atom is 0.416 e. The standard InChI is InChI=1S/C14H16F3N3O3S/c1-2-7-20-12(8-21)18-19-13(20)24(22,23)9-10-5-3-4-6-11(10)14(15,16)17/h3-6,21H,2,7-9H2,1H3. The molecule has 0 unspecified atom stereocenters. The molecule has 0 bridgehead atoms. The van der Waals surface area contributed by atoms with Gasteiger partial charge in [0.1, 0.15) is 6.61 Å². The molecule has 0 saturated heterocycles.